The first-order valence-electron chi connectivity index (χ1n) is 6.22. The molecule has 1 N–H and O–H groups in total. The molecule has 0 aliphatic heterocycles. The van der Waals surface area contributed by atoms with Crippen LogP contribution in [0.4, 0.5) is 0 Å². The SMILES string of the molecule is Oc1ccccc1-c1nc(CSc2ccc(Br)cc2)no1. The number of para-hydroxylation sites is 1. The van der Waals surface area contributed by atoms with Crippen molar-refractivity contribution in [3.8, 4) is 17.2 Å². The van der Waals surface area contributed by atoms with Gasteiger partial charge in [0.2, 0.25) is 0 Å². The standard InChI is InChI=1S/C15H11BrN2O2S/c16-10-5-7-11(8-6-10)21-9-14-17-15(20-18-14)12-3-1-2-4-13(12)19/h1-8,19H,9H2. The third-order valence-corrected chi connectivity index (χ3v) is 4.32. The molecule has 3 aromatic rings. The predicted octanol–water partition coefficient (Wildman–Crippen LogP) is 4.50. The van der Waals surface area contributed by atoms with Gasteiger partial charge in [0.15, 0.2) is 5.82 Å². The van der Waals surface area contributed by atoms with Gasteiger partial charge in [0, 0.05) is 9.37 Å². The maximum absolute atomic E-state index is 9.77. The fourth-order valence-corrected chi connectivity index (χ4v) is 2.76. The second-order valence-corrected chi connectivity index (χ2v) is 6.24. The van der Waals surface area contributed by atoms with E-state index in [1.165, 1.54) is 0 Å². The lowest BCUT2D eigenvalue weighted by molar-refractivity contribution is 0.419. The van der Waals surface area contributed by atoms with Crippen LogP contribution in [0.3, 0.4) is 0 Å². The van der Waals surface area contributed by atoms with E-state index in [0.29, 0.717) is 23.0 Å². The third kappa shape index (κ3) is 3.46. The third-order valence-electron chi connectivity index (χ3n) is 2.78. The molecule has 0 saturated heterocycles. The molecule has 1 aromatic heterocycles. The Kier molecular flexibility index (Phi) is 4.26. The number of hydrogen-bond donors (Lipinski definition) is 1. The summed E-state index contributed by atoms with van der Waals surface area (Å²) in [6, 6.07) is 14.9. The Morgan fingerprint density at radius 1 is 1.10 bits per heavy atom. The van der Waals surface area contributed by atoms with Crippen LogP contribution in [-0.4, -0.2) is 15.2 Å². The molecule has 4 nitrogen and oxygen atoms in total. The van der Waals surface area contributed by atoms with Gasteiger partial charge in [0.1, 0.15) is 5.75 Å². The zero-order chi connectivity index (χ0) is 14.7. The average molecular weight is 363 g/mol. The van der Waals surface area contributed by atoms with Gasteiger partial charge in [-0.2, -0.15) is 4.98 Å². The van der Waals surface area contributed by atoms with Gasteiger partial charge in [0.05, 0.1) is 11.3 Å². The van der Waals surface area contributed by atoms with E-state index in [1.807, 2.05) is 30.3 Å². The van der Waals surface area contributed by atoms with Crippen molar-refractivity contribution in [3.05, 3.63) is 58.8 Å². The molecule has 0 radical (unpaired) electrons. The second-order valence-electron chi connectivity index (χ2n) is 4.28. The van der Waals surface area contributed by atoms with E-state index in [1.54, 1.807) is 30.0 Å². The number of aromatic hydroxyl groups is 1. The van der Waals surface area contributed by atoms with Crippen LogP contribution in [0, 0.1) is 0 Å². The smallest absolute Gasteiger partial charge is 0.261 e. The van der Waals surface area contributed by atoms with E-state index >= 15 is 0 Å². The van der Waals surface area contributed by atoms with Crippen molar-refractivity contribution in [2.45, 2.75) is 10.6 Å². The number of phenols is 1. The lowest BCUT2D eigenvalue weighted by Crippen LogP contribution is -1.84. The molecule has 0 saturated carbocycles. The van der Waals surface area contributed by atoms with Gasteiger partial charge in [-0.3, -0.25) is 0 Å². The molecular weight excluding hydrogens is 352 g/mol. The molecule has 1 heterocycles. The van der Waals surface area contributed by atoms with Crippen LogP contribution in [0.2, 0.25) is 0 Å². The first-order chi connectivity index (χ1) is 10.2. The molecule has 0 spiro atoms. The van der Waals surface area contributed by atoms with Crippen molar-refractivity contribution in [3.63, 3.8) is 0 Å². The average Bonchev–Trinajstić information content (AvgIpc) is 2.96. The fraction of sp³-hybridized carbons (Fsp3) is 0.0667. The van der Waals surface area contributed by atoms with Crippen LogP contribution in [0.25, 0.3) is 11.5 Å². The van der Waals surface area contributed by atoms with Gasteiger partial charge < -0.3 is 9.63 Å². The number of rotatable bonds is 4. The first-order valence-corrected chi connectivity index (χ1v) is 7.99. The van der Waals surface area contributed by atoms with Gasteiger partial charge in [-0.05, 0) is 36.4 Å². The van der Waals surface area contributed by atoms with E-state index in [2.05, 4.69) is 26.1 Å². The molecule has 0 aliphatic carbocycles. The van der Waals surface area contributed by atoms with E-state index in [4.69, 9.17) is 4.52 Å². The quantitative estimate of drug-likeness (QED) is 0.692. The molecule has 0 atom stereocenters. The zero-order valence-corrected chi connectivity index (χ0v) is 13.3. The summed E-state index contributed by atoms with van der Waals surface area (Å²) in [5.41, 5.74) is 0.546. The number of benzene rings is 2. The molecule has 0 amide bonds. The van der Waals surface area contributed by atoms with E-state index in [-0.39, 0.29) is 5.75 Å². The first kappa shape index (κ1) is 14.2. The Hall–Kier alpha value is -1.79. The molecular formula is C15H11BrN2O2S. The van der Waals surface area contributed by atoms with Gasteiger partial charge >= 0.3 is 0 Å². The van der Waals surface area contributed by atoms with Crippen LogP contribution in [0.5, 0.6) is 5.75 Å². The molecule has 0 fully saturated rings. The minimum absolute atomic E-state index is 0.133. The summed E-state index contributed by atoms with van der Waals surface area (Å²) in [5, 5.41) is 13.7. The Morgan fingerprint density at radius 3 is 2.62 bits per heavy atom. The highest BCUT2D eigenvalue weighted by Crippen LogP contribution is 2.28. The van der Waals surface area contributed by atoms with Gasteiger partial charge in [-0.25, -0.2) is 0 Å². The molecule has 0 aliphatic rings. The van der Waals surface area contributed by atoms with E-state index in [9.17, 15) is 5.11 Å². The Bertz CT molecular complexity index is 743. The highest BCUT2D eigenvalue weighted by atomic mass is 79.9. The van der Waals surface area contributed by atoms with Crippen molar-refractivity contribution in [1.82, 2.24) is 10.1 Å². The largest absolute Gasteiger partial charge is 0.507 e. The van der Waals surface area contributed by atoms with Gasteiger partial charge in [-0.15, -0.1) is 11.8 Å². The minimum atomic E-state index is 0.133. The monoisotopic (exact) mass is 362 g/mol. The summed E-state index contributed by atoms with van der Waals surface area (Å²) >= 11 is 5.03. The number of phenolic OH excluding ortho intramolecular Hbond substituents is 1. The van der Waals surface area contributed by atoms with Crippen molar-refractivity contribution < 1.29 is 9.63 Å². The molecule has 0 unspecified atom stereocenters. The number of thioether (sulfide) groups is 1. The maximum atomic E-state index is 9.77. The lowest BCUT2D eigenvalue weighted by atomic mass is 10.2. The summed E-state index contributed by atoms with van der Waals surface area (Å²) in [6.45, 7) is 0. The number of nitrogens with zero attached hydrogens (tertiary/aromatic N) is 2. The lowest BCUT2D eigenvalue weighted by Gasteiger charge is -1.98. The minimum Gasteiger partial charge on any atom is -0.507 e. The molecule has 2 aromatic carbocycles. The summed E-state index contributed by atoms with van der Waals surface area (Å²) in [7, 11) is 0. The van der Waals surface area contributed by atoms with Crippen LogP contribution in [0.1, 0.15) is 5.82 Å². The zero-order valence-electron chi connectivity index (χ0n) is 10.9. The van der Waals surface area contributed by atoms with Crippen LogP contribution < -0.4 is 0 Å². The fourth-order valence-electron chi connectivity index (χ4n) is 1.76. The van der Waals surface area contributed by atoms with Crippen molar-refractivity contribution >= 4 is 27.7 Å². The maximum Gasteiger partial charge on any atom is 0.261 e. The molecule has 0 bridgehead atoms. The molecule has 3 rings (SSSR count). The van der Waals surface area contributed by atoms with Gasteiger partial charge in [0.25, 0.3) is 5.89 Å². The number of hydrogen-bond acceptors (Lipinski definition) is 5. The molecule has 106 valence electrons. The van der Waals surface area contributed by atoms with Crippen LogP contribution in [-0.2, 0) is 5.75 Å². The van der Waals surface area contributed by atoms with Gasteiger partial charge in [-0.1, -0.05) is 33.2 Å². The Labute approximate surface area is 134 Å². The van der Waals surface area contributed by atoms with E-state index in [0.717, 1.165) is 9.37 Å². The Balaban J connectivity index is 1.71. The van der Waals surface area contributed by atoms with Crippen molar-refractivity contribution in [2.75, 3.05) is 0 Å². The summed E-state index contributed by atoms with van der Waals surface area (Å²) in [5.74, 6) is 1.67. The van der Waals surface area contributed by atoms with Crippen LogP contribution in [0.15, 0.2) is 62.4 Å². The second kappa shape index (κ2) is 6.32. The molecule has 21 heavy (non-hydrogen) atoms. The van der Waals surface area contributed by atoms with Crippen molar-refractivity contribution in [1.29, 1.82) is 0 Å². The van der Waals surface area contributed by atoms with Crippen LogP contribution >= 0.6 is 27.7 Å². The molecule has 6 heteroatoms. The van der Waals surface area contributed by atoms with Crippen molar-refractivity contribution in [2.24, 2.45) is 0 Å². The predicted molar refractivity (Wildman–Crippen MR) is 85.1 cm³/mol. The summed E-state index contributed by atoms with van der Waals surface area (Å²) in [4.78, 5) is 5.44. The normalized spacial score (nSPS) is 10.7. The highest BCUT2D eigenvalue weighted by molar-refractivity contribution is 9.10. The topological polar surface area (TPSA) is 59.2 Å². The Morgan fingerprint density at radius 2 is 1.86 bits per heavy atom. The summed E-state index contributed by atoms with van der Waals surface area (Å²) < 4.78 is 6.25. The van der Waals surface area contributed by atoms with E-state index < -0.39 is 0 Å². The highest BCUT2D eigenvalue weighted by Gasteiger charge is 2.12. The number of halogens is 1. The summed E-state index contributed by atoms with van der Waals surface area (Å²) in [6.07, 6.45) is 0. The number of aromatic nitrogens is 2.